The minimum Gasteiger partial charge on any atom is -0.466 e. The van der Waals surface area contributed by atoms with Crippen LogP contribution >= 0.6 is 0 Å². The Balaban J connectivity index is 5.74. The Morgan fingerprint density at radius 2 is 1.73 bits per heavy atom. The van der Waals surface area contributed by atoms with Crippen LogP contribution in [-0.4, -0.2) is 25.2 Å². The molecule has 126 valence electrons. The summed E-state index contributed by atoms with van der Waals surface area (Å²) >= 11 is 0. The highest BCUT2D eigenvalue weighted by atomic mass is 16.5. The Morgan fingerprint density at radius 1 is 1.14 bits per heavy atom. The van der Waals surface area contributed by atoms with Gasteiger partial charge in [-0.3, -0.25) is 9.59 Å². The van der Waals surface area contributed by atoms with Crippen LogP contribution in [0.15, 0.2) is 0 Å². The van der Waals surface area contributed by atoms with Crippen LogP contribution in [0.1, 0.15) is 60.3 Å². The molecule has 0 aliphatic carbocycles. The van der Waals surface area contributed by atoms with Crippen molar-refractivity contribution in [1.82, 2.24) is 0 Å². The second-order valence-electron chi connectivity index (χ2n) is 5.84. The Morgan fingerprint density at radius 3 is 2.14 bits per heavy atom. The molecule has 0 bridgehead atoms. The van der Waals surface area contributed by atoms with E-state index in [9.17, 15) is 14.9 Å². The number of rotatable bonds is 10. The minimum atomic E-state index is -1.46. The molecule has 0 rings (SSSR count). The Bertz CT molecular complexity index is 400. The quantitative estimate of drug-likeness (QED) is 0.577. The first-order valence-corrected chi connectivity index (χ1v) is 8.14. The van der Waals surface area contributed by atoms with Crippen molar-refractivity contribution in [2.75, 3.05) is 13.2 Å². The molecule has 0 amide bonds. The van der Waals surface area contributed by atoms with Gasteiger partial charge in [0.2, 0.25) is 0 Å². The van der Waals surface area contributed by atoms with Crippen LogP contribution in [0.2, 0.25) is 0 Å². The number of carbonyl (C=O) groups excluding carboxylic acids is 2. The van der Waals surface area contributed by atoms with Gasteiger partial charge in [0, 0.05) is 0 Å². The lowest BCUT2D eigenvalue weighted by molar-refractivity contribution is -0.166. The molecule has 22 heavy (non-hydrogen) atoms. The van der Waals surface area contributed by atoms with Crippen LogP contribution in [0.25, 0.3) is 0 Å². The lowest BCUT2D eigenvalue weighted by Gasteiger charge is -2.32. The average molecular weight is 311 g/mol. The highest BCUT2D eigenvalue weighted by Crippen LogP contribution is 2.39. The van der Waals surface area contributed by atoms with Gasteiger partial charge in [-0.15, -0.1) is 0 Å². The van der Waals surface area contributed by atoms with Crippen LogP contribution in [0.5, 0.6) is 0 Å². The van der Waals surface area contributed by atoms with Crippen molar-refractivity contribution < 1.29 is 19.1 Å². The monoisotopic (exact) mass is 311 g/mol. The van der Waals surface area contributed by atoms with Crippen LogP contribution in [0.4, 0.5) is 0 Å². The van der Waals surface area contributed by atoms with Gasteiger partial charge in [0.15, 0.2) is 5.41 Å². The first-order chi connectivity index (χ1) is 10.4. The van der Waals surface area contributed by atoms with Gasteiger partial charge in [-0.25, -0.2) is 0 Å². The van der Waals surface area contributed by atoms with Crippen LogP contribution in [0.3, 0.4) is 0 Å². The largest absolute Gasteiger partial charge is 0.466 e. The zero-order valence-corrected chi connectivity index (χ0v) is 14.5. The predicted octanol–water partition coefficient (Wildman–Crippen LogP) is 3.48. The molecule has 0 aromatic heterocycles. The molecule has 0 radical (unpaired) electrons. The summed E-state index contributed by atoms with van der Waals surface area (Å²) in [4.78, 5) is 24.9. The molecule has 0 aromatic rings. The molecular formula is C17H29NO4. The Labute approximate surface area is 134 Å². The maximum atomic E-state index is 12.5. The fourth-order valence-corrected chi connectivity index (χ4v) is 2.53. The number of esters is 2. The number of hydrogen-bond acceptors (Lipinski definition) is 5. The van der Waals surface area contributed by atoms with E-state index in [0.717, 1.165) is 6.42 Å². The van der Waals surface area contributed by atoms with Gasteiger partial charge in [0.05, 0.1) is 25.2 Å². The maximum Gasteiger partial charge on any atom is 0.327 e. The molecule has 0 fully saturated rings. The standard InChI is InChI=1S/C17H29NO4/c1-6-9-10-17(12-18,16(20)22-8-3)14(11-13(4)5)15(19)21-7-2/h13-14H,6-11H2,1-5H3. The number of hydrogen-bond donors (Lipinski definition) is 0. The third-order valence-corrected chi connectivity index (χ3v) is 3.64. The fraction of sp³-hybridized carbons (Fsp3) is 0.824. The second kappa shape index (κ2) is 10.2. The highest BCUT2D eigenvalue weighted by molar-refractivity contribution is 5.88. The van der Waals surface area contributed by atoms with Crippen molar-refractivity contribution in [2.24, 2.45) is 17.3 Å². The molecular weight excluding hydrogens is 282 g/mol. The van der Waals surface area contributed by atoms with E-state index in [-0.39, 0.29) is 19.1 Å². The molecule has 0 saturated carbocycles. The Hall–Kier alpha value is -1.57. The van der Waals surface area contributed by atoms with E-state index in [1.807, 2.05) is 20.8 Å². The molecule has 0 N–H and O–H groups in total. The second-order valence-corrected chi connectivity index (χ2v) is 5.84. The fourth-order valence-electron chi connectivity index (χ4n) is 2.53. The van der Waals surface area contributed by atoms with Crippen LogP contribution in [-0.2, 0) is 19.1 Å². The molecule has 0 spiro atoms. The van der Waals surface area contributed by atoms with Crippen molar-refractivity contribution >= 4 is 11.9 Å². The Kier molecular flexibility index (Phi) is 9.48. The van der Waals surface area contributed by atoms with Crippen molar-refractivity contribution in [3.63, 3.8) is 0 Å². The van der Waals surface area contributed by atoms with E-state index in [4.69, 9.17) is 9.47 Å². The molecule has 0 saturated heterocycles. The summed E-state index contributed by atoms with van der Waals surface area (Å²) in [7, 11) is 0. The average Bonchev–Trinajstić information content (AvgIpc) is 2.47. The topological polar surface area (TPSA) is 76.4 Å². The minimum absolute atomic E-state index is 0.165. The van der Waals surface area contributed by atoms with Crippen molar-refractivity contribution in [1.29, 1.82) is 5.26 Å². The summed E-state index contributed by atoms with van der Waals surface area (Å²) in [6.45, 7) is 9.72. The smallest absolute Gasteiger partial charge is 0.327 e. The van der Waals surface area contributed by atoms with Crippen LogP contribution in [0, 0.1) is 28.6 Å². The van der Waals surface area contributed by atoms with Crippen LogP contribution < -0.4 is 0 Å². The number of nitriles is 1. The molecule has 5 heteroatoms. The normalized spacial score (nSPS) is 14.8. The molecule has 0 aliphatic rings. The lowest BCUT2D eigenvalue weighted by atomic mass is 9.69. The summed E-state index contributed by atoms with van der Waals surface area (Å²) in [6, 6.07) is 2.10. The number of unbranched alkanes of at least 4 members (excludes halogenated alkanes) is 1. The van der Waals surface area contributed by atoms with Gasteiger partial charge in [0.25, 0.3) is 0 Å². The van der Waals surface area contributed by atoms with Gasteiger partial charge >= 0.3 is 11.9 Å². The molecule has 5 nitrogen and oxygen atoms in total. The summed E-state index contributed by atoms with van der Waals surface area (Å²) in [5, 5.41) is 9.74. The molecule has 0 aliphatic heterocycles. The third kappa shape index (κ3) is 5.32. The van der Waals surface area contributed by atoms with Crippen molar-refractivity contribution in [3.8, 4) is 6.07 Å². The zero-order valence-electron chi connectivity index (χ0n) is 14.5. The molecule has 0 heterocycles. The molecule has 2 unspecified atom stereocenters. The van der Waals surface area contributed by atoms with Gasteiger partial charge in [-0.2, -0.15) is 5.26 Å². The summed E-state index contributed by atoms with van der Waals surface area (Å²) in [5.74, 6) is -1.72. The van der Waals surface area contributed by atoms with Gasteiger partial charge in [-0.05, 0) is 32.6 Å². The van der Waals surface area contributed by atoms with Crippen molar-refractivity contribution in [2.45, 2.75) is 60.3 Å². The number of carbonyl (C=O) groups is 2. The summed E-state index contributed by atoms with van der Waals surface area (Å²) < 4.78 is 10.2. The highest BCUT2D eigenvalue weighted by Gasteiger charge is 2.51. The van der Waals surface area contributed by atoms with E-state index in [1.165, 1.54) is 0 Å². The van der Waals surface area contributed by atoms with Gasteiger partial charge in [0.1, 0.15) is 0 Å². The zero-order chi connectivity index (χ0) is 17.2. The number of nitrogens with zero attached hydrogens (tertiary/aromatic N) is 1. The van der Waals surface area contributed by atoms with E-state index in [1.54, 1.807) is 13.8 Å². The third-order valence-electron chi connectivity index (χ3n) is 3.64. The van der Waals surface area contributed by atoms with Crippen molar-refractivity contribution in [3.05, 3.63) is 0 Å². The molecule has 2 atom stereocenters. The predicted molar refractivity (Wildman–Crippen MR) is 83.8 cm³/mol. The van der Waals surface area contributed by atoms with E-state index in [0.29, 0.717) is 19.3 Å². The van der Waals surface area contributed by atoms with E-state index in [2.05, 4.69) is 6.07 Å². The van der Waals surface area contributed by atoms with Gasteiger partial charge < -0.3 is 9.47 Å². The lowest BCUT2D eigenvalue weighted by Crippen LogP contribution is -2.44. The first-order valence-electron chi connectivity index (χ1n) is 8.14. The van der Waals surface area contributed by atoms with Gasteiger partial charge in [-0.1, -0.05) is 33.6 Å². The van der Waals surface area contributed by atoms with E-state index < -0.39 is 23.3 Å². The summed E-state index contributed by atoms with van der Waals surface area (Å²) in [6.07, 6.45) is 2.25. The summed E-state index contributed by atoms with van der Waals surface area (Å²) in [5.41, 5.74) is -1.46. The molecule has 0 aromatic carbocycles. The number of ether oxygens (including phenoxy) is 2. The SMILES string of the molecule is CCCCC(C#N)(C(=O)OCC)C(CC(C)C)C(=O)OCC. The maximum absolute atomic E-state index is 12.5. The van der Waals surface area contributed by atoms with E-state index >= 15 is 0 Å². The first kappa shape index (κ1) is 20.4.